The van der Waals surface area contributed by atoms with Crippen LogP contribution in [-0.2, 0) is 9.53 Å². The molecule has 152 valence electrons. The second-order valence-corrected chi connectivity index (χ2v) is 7.88. The summed E-state index contributed by atoms with van der Waals surface area (Å²) < 4.78 is 11.6. The van der Waals surface area contributed by atoms with Crippen molar-refractivity contribution in [2.75, 3.05) is 18.5 Å². The Balaban J connectivity index is 1.61. The molecule has 0 aliphatic carbocycles. The second-order valence-electron chi connectivity index (χ2n) is 6.85. The quantitative estimate of drug-likeness (QED) is 0.421. The van der Waals surface area contributed by atoms with Crippen LogP contribution in [0.2, 0.25) is 0 Å². The zero-order valence-electron chi connectivity index (χ0n) is 16.8. The van der Waals surface area contributed by atoms with Crippen LogP contribution in [0.4, 0.5) is 5.13 Å². The molecule has 2 aromatic carbocycles. The summed E-state index contributed by atoms with van der Waals surface area (Å²) in [6.45, 7) is 6.31. The van der Waals surface area contributed by atoms with Gasteiger partial charge in [0.15, 0.2) is 11.7 Å². The number of carbonyl (C=O) groups is 2. The first-order valence-electron chi connectivity index (χ1n) is 9.53. The number of thiazole rings is 1. The minimum Gasteiger partial charge on any atom is -0.484 e. The largest absolute Gasteiger partial charge is 0.484 e. The van der Waals surface area contributed by atoms with E-state index in [1.165, 1.54) is 11.3 Å². The number of aryl methyl sites for hydroxylation is 2. The summed E-state index contributed by atoms with van der Waals surface area (Å²) in [5, 5.41) is 3.21. The topological polar surface area (TPSA) is 77.5 Å². The molecule has 0 bridgehead atoms. The molecule has 1 heterocycles. The SMILES string of the molecule is CCCCOC(=O)c1ccc2nc(NC(=O)COc3cc(C)cc(C)c3)sc2c1. The van der Waals surface area contributed by atoms with Crippen molar-refractivity contribution in [3.8, 4) is 5.75 Å². The molecule has 0 aliphatic rings. The minimum atomic E-state index is -0.346. The number of hydrogen-bond donors (Lipinski definition) is 1. The number of carbonyl (C=O) groups excluding carboxylic acids is 2. The molecule has 0 unspecified atom stereocenters. The average molecular weight is 413 g/mol. The van der Waals surface area contributed by atoms with Crippen LogP contribution < -0.4 is 10.1 Å². The first-order chi connectivity index (χ1) is 13.9. The highest BCUT2D eigenvalue weighted by Gasteiger charge is 2.12. The Morgan fingerprint density at radius 2 is 1.86 bits per heavy atom. The molecule has 0 radical (unpaired) electrons. The van der Waals surface area contributed by atoms with Crippen LogP contribution in [-0.4, -0.2) is 30.1 Å². The molecule has 0 atom stereocenters. The number of unbranched alkanes of at least 4 members (excludes halogenated alkanes) is 1. The van der Waals surface area contributed by atoms with Crippen LogP contribution in [0.1, 0.15) is 41.3 Å². The van der Waals surface area contributed by atoms with E-state index in [0.717, 1.165) is 28.7 Å². The number of benzene rings is 2. The fourth-order valence-corrected chi connectivity index (χ4v) is 3.74. The van der Waals surface area contributed by atoms with Crippen molar-refractivity contribution in [3.05, 3.63) is 53.1 Å². The van der Waals surface area contributed by atoms with Crippen molar-refractivity contribution in [3.63, 3.8) is 0 Å². The summed E-state index contributed by atoms with van der Waals surface area (Å²) >= 11 is 1.31. The molecule has 1 N–H and O–H groups in total. The molecule has 3 rings (SSSR count). The van der Waals surface area contributed by atoms with Gasteiger partial charge in [-0.15, -0.1) is 0 Å². The predicted molar refractivity (Wildman–Crippen MR) is 115 cm³/mol. The van der Waals surface area contributed by atoms with Gasteiger partial charge in [0.1, 0.15) is 5.75 Å². The van der Waals surface area contributed by atoms with Gasteiger partial charge >= 0.3 is 5.97 Å². The summed E-state index contributed by atoms with van der Waals surface area (Å²) in [7, 11) is 0. The van der Waals surface area contributed by atoms with Crippen LogP contribution in [0.3, 0.4) is 0 Å². The lowest BCUT2D eigenvalue weighted by molar-refractivity contribution is -0.118. The Bertz CT molecular complexity index is 1010. The standard InChI is InChI=1S/C22H24N2O4S/c1-4-5-8-27-21(26)16-6-7-18-19(12-16)29-22(23-18)24-20(25)13-28-17-10-14(2)9-15(3)11-17/h6-7,9-12H,4-5,8,13H2,1-3H3,(H,23,24,25). The molecule has 7 heteroatoms. The molecule has 3 aromatic rings. The lowest BCUT2D eigenvalue weighted by Crippen LogP contribution is -2.20. The third-order valence-electron chi connectivity index (χ3n) is 4.17. The van der Waals surface area contributed by atoms with Crippen molar-refractivity contribution in [2.45, 2.75) is 33.6 Å². The highest BCUT2D eigenvalue weighted by atomic mass is 32.1. The number of nitrogens with zero attached hydrogens (tertiary/aromatic N) is 1. The molecule has 0 saturated carbocycles. The van der Waals surface area contributed by atoms with Crippen LogP contribution in [0.15, 0.2) is 36.4 Å². The Labute approximate surface area is 173 Å². The Hall–Kier alpha value is -2.93. The highest BCUT2D eigenvalue weighted by Crippen LogP contribution is 2.27. The molecule has 0 spiro atoms. The molecule has 1 amide bonds. The van der Waals surface area contributed by atoms with Gasteiger partial charge in [-0.3, -0.25) is 10.1 Å². The van der Waals surface area contributed by atoms with Crippen LogP contribution in [0.25, 0.3) is 10.2 Å². The zero-order valence-corrected chi connectivity index (χ0v) is 17.6. The van der Waals surface area contributed by atoms with Crippen molar-refractivity contribution in [2.24, 2.45) is 0 Å². The number of rotatable bonds is 8. The predicted octanol–water partition coefficient (Wildman–Crippen LogP) is 4.89. The third-order valence-corrected chi connectivity index (χ3v) is 5.10. The van der Waals surface area contributed by atoms with Crippen molar-refractivity contribution in [1.29, 1.82) is 0 Å². The molecular formula is C22H24N2O4S. The van der Waals surface area contributed by atoms with E-state index in [9.17, 15) is 9.59 Å². The summed E-state index contributed by atoms with van der Waals surface area (Å²) in [6.07, 6.45) is 1.81. The number of aromatic nitrogens is 1. The monoisotopic (exact) mass is 412 g/mol. The van der Waals surface area contributed by atoms with Gasteiger partial charge in [0.25, 0.3) is 5.91 Å². The van der Waals surface area contributed by atoms with Gasteiger partial charge in [0.05, 0.1) is 22.4 Å². The molecule has 6 nitrogen and oxygen atoms in total. The van der Waals surface area contributed by atoms with E-state index < -0.39 is 0 Å². The maximum absolute atomic E-state index is 12.2. The first kappa shape index (κ1) is 20.8. The van der Waals surface area contributed by atoms with Crippen LogP contribution in [0, 0.1) is 13.8 Å². The van der Waals surface area contributed by atoms with Gasteiger partial charge in [-0.25, -0.2) is 9.78 Å². The van der Waals surface area contributed by atoms with Crippen molar-refractivity contribution >= 4 is 38.6 Å². The summed E-state index contributed by atoms with van der Waals surface area (Å²) in [6, 6.07) is 11.0. The lowest BCUT2D eigenvalue weighted by Gasteiger charge is -2.07. The van der Waals surface area contributed by atoms with Crippen molar-refractivity contribution < 1.29 is 19.1 Å². The molecule has 29 heavy (non-hydrogen) atoms. The van der Waals surface area contributed by atoms with E-state index in [-0.39, 0.29) is 18.5 Å². The average Bonchev–Trinajstić information content (AvgIpc) is 3.07. The third kappa shape index (κ3) is 5.77. The lowest BCUT2D eigenvalue weighted by atomic mass is 10.1. The first-order valence-corrected chi connectivity index (χ1v) is 10.3. The van der Waals surface area contributed by atoms with E-state index in [0.29, 0.717) is 28.6 Å². The van der Waals surface area contributed by atoms with Gasteiger partial charge < -0.3 is 9.47 Å². The van der Waals surface area contributed by atoms with E-state index in [2.05, 4.69) is 10.3 Å². The molecular weight excluding hydrogens is 388 g/mol. The Morgan fingerprint density at radius 3 is 2.59 bits per heavy atom. The van der Waals surface area contributed by atoms with Crippen molar-refractivity contribution in [1.82, 2.24) is 4.98 Å². The maximum Gasteiger partial charge on any atom is 0.338 e. The Kier molecular flexibility index (Phi) is 6.82. The van der Waals surface area contributed by atoms with Crippen LogP contribution in [0.5, 0.6) is 5.75 Å². The number of anilines is 1. The van der Waals surface area contributed by atoms with E-state index >= 15 is 0 Å². The summed E-state index contributed by atoms with van der Waals surface area (Å²) in [5.41, 5.74) is 3.35. The fourth-order valence-electron chi connectivity index (χ4n) is 2.82. The van der Waals surface area contributed by atoms with Gasteiger partial charge in [-0.05, 0) is 61.7 Å². The minimum absolute atomic E-state index is 0.103. The van der Waals surface area contributed by atoms with Gasteiger partial charge in [0.2, 0.25) is 0 Å². The summed E-state index contributed by atoms with van der Waals surface area (Å²) in [5.74, 6) is 0.0248. The highest BCUT2D eigenvalue weighted by molar-refractivity contribution is 7.22. The number of hydrogen-bond acceptors (Lipinski definition) is 6. The summed E-state index contributed by atoms with van der Waals surface area (Å²) in [4.78, 5) is 28.7. The number of fused-ring (bicyclic) bond motifs is 1. The zero-order chi connectivity index (χ0) is 20.8. The normalized spacial score (nSPS) is 10.7. The molecule has 1 aromatic heterocycles. The molecule has 0 saturated heterocycles. The number of nitrogens with one attached hydrogen (secondary N) is 1. The van der Waals surface area contributed by atoms with Gasteiger partial charge in [-0.2, -0.15) is 0 Å². The van der Waals surface area contributed by atoms with E-state index in [1.54, 1.807) is 18.2 Å². The fraction of sp³-hybridized carbons (Fsp3) is 0.318. The van der Waals surface area contributed by atoms with Gasteiger partial charge in [0, 0.05) is 0 Å². The number of esters is 1. The molecule has 0 fully saturated rings. The van der Waals surface area contributed by atoms with Crippen LogP contribution >= 0.6 is 11.3 Å². The van der Waals surface area contributed by atoms with E-state index in [4.69, 9.17) is 9.47 Å². The van der Waals surface area contributed by atoms with Gasteiger partial charge in [-0.1, -0.05) is 30.7 Å². The number of ether oxygens (including phenoxy) is 2. The smallest absolute Gasteiger partial charge is 0.338 e. The Morgan fingerprint density at radius 1 is 1.10 bits per heavy atom. The number of amides is 1. The molecule has 0 aliphatic heterocycles. The van der Waals surface area contributed by atoms with E-state index in [1.807, 2.05) is 39.0 Å². The maximum atomic E-state index is 12.2. The second kappa shape index (κ2) is 9.52.